The number of thioether (sulfide) groups is 1. The Morgan fingerprint density at radius 1 is 1.32 bits per heavy atom. The monoisotopic (exact) mass is 625 g/mol. The Bertz CT molecular complexity index is 1240. The molecule has 2 saturated heterocycles. The molecule has 38 heavy (non-hydrogen) atoms. The second kappa shape index (κ2) is 11.7. The number of nitrogens with zero attached hydrogens (tertiary/aromatic N) is 5. The van der Waals surface area contributed by atoms with Crippen molar-refractivity contribution in [1.82, 2.24) is 19.9 Å². The number of rotatable bonds is 8. The fraction of sp³-hybridized carbons (Fsp3) is 0.556. The zero-order chi connectivity index (χ0) is 27.8. The molecule has 2 fully saturated rings. The topological polar surface area (TPSA) is 71.5 Å². The molecule has 2 bridgehead atoms. The predicted molar refractivity (Wildman–Crippen MR) is 156 cm³/mol. The molecule has 7 nitrogen and oxygen atoms in total. The largest absolute Gasteiger partial charge is 0.444 e. The molecular weight excluding hydrogens is 593 g/mol. The van der Waals surface area contributed by atoms with Gasteiger partial charge in [0.25, 0.3) is 0 Å². The van der Waals surface area contributed by atoms with E-state index in [0.29, 0.717) is 27.5 Å². The number of anilines is 1. The number of carbonyl (C=O) groups excluding carboxylic acids is 1. The summed E-state index contributed by atoms with van der Waals surface area (Å²) in [7, 11) is 0. The Morgan fingerprint density at radius 3 is 2.68 bits per heavy atom. The van der Waals surface area contributed by atoms with E-state index in [1.165, 1.54) is 11.8 Å². The maximum absolute atomic E-state index is 15.3. The summed E-state index contributed by atoms with van der Waals surface area (Å²) >= 11 is 11.0. The summed E-state index contributed by atoms with van der Waals surface area (Å²) in [5.74, 6) is 0.642. The average Bonchev–Trinajstić information content (AvgIpc) is 3.17. The lowest BCUT2D eigenvalue weighted by Crippen LogP contribution is -2.64. The summed E-state index contributed by atoms with van der Waals surface area (Å²) in [4.78, 5) is 31.1. The Labute approximate surface area is 241 Å². The van der Waals surface area contributed by atoms with Gasteiger partial charge in [-0.05, 0) is 74.1 Å². The van der Waals surface area contributed by atoms with Gasteiger partial charge in [-0.2, -0.15) is 0 Å². The van der Waals surface area contributed by atoms with E-state index in [9.17, 15) is 4.79 Å². The second-order valence-corrected chi connectivity index (χ2v) is 12.9. The van der Waals surface area contributed by atoms with Crippen LogP contribution >= 0.6 is 39.3 Å². The Morgan fingerprint density at radius 2 is 2.05 bits per heavy atom. The molecule has 4 heterocycles. The minimum atomic E-state index is -0.676. The number of aromatic nitrogens is 3. The third kappa shape index (κ3) is 5.68. The molecule has 0 N–H and O–H groups in total. The molecular formula is C27H34BrClFN5O2S. The molecule has 0 spiro atoms. The van der Waals surface area contributed by atoms with Gasteiger partial charge in [0.1, 0.15) is 21.5 Å². The molecule has 1 amide bonds. The van der Waals surface area contributed by atoms with E-state index in [4.69, 9.17) is 21.3 Å². The molecule has 0 saturated carbocycles. The number of allylic oxidation sites excluding steroid dienone is 1. The molecule has 206 valence electrons. The highest BCUT2D eigenvalue weighted by atomic mass is 79.9. The fourth-order valence-electron chi connectivity index (χ4n) is 5.53. The Hall–Kier alpha value is -1.91. The molecule has 2 aliphatic rings. The molecule has 11 heteroatoms. The number of carbonyl (C=O) groups is 1. The van der Waals surface area contributed by atoms with Gasteiger partial charge in [-0.3, -0.25) is 4.90 Å². The maximum atomic E-state index is 15.3. The van der Waals surface area contributed by atoms with E-state index in [1.54, 1.807) is 0 Å². The van der Waals surface area contributed by atoms with Crippen LogP contribution in [0.15, 0.2) is 35.1 Å². The number of halogens is 3. The zero-order valence-corrected chi connectivity index (χ0v) is 25.4. The minimum Gasteiger partial charge on any atom is -0.444 e. The van der Waals surface area contributed by atoms with Crippen LogP contribution in [0.4, 0.5) is 15.0 Å². The third-order valence-electron chi connectivity index (χ3n) is 6.96. The van der Waals surface area contributed by atoms with Crippen molar-refractivity contribution in [2.75, 3.05) is 17.2 Å². The number of hydrogen-bond acceptors (Lipinski definition) is 7. The first-order valence-corrected chi connectivity index (χ1v) is 15.0. The van der Waals surface area contributed by atoms with E-state index in [2.05, 4.69) is 44.0 Å². The van der Waals surface area contributed by atoms with Crippen molar-refractivity contribution in [2.45, 2.75) is 82.3 Å². The van der Waals surface area contributed by atoms with Crippen LogP contribution in [0.2, 0.25) is 5.15 Å². The smallest absolute Gasteiger partial charge is 0.410 e. The van der Waals surface area contributed by atoms with Gasteiger partial charge in [-0.1, -0.05) is 42.4 Å². The predicted octanol–water partition coefficient (Wildman–Crippen LogP) is 7.42. The highest BCUT2D eigenvalue weighted by Crippen LogP contribution is 2.44. The molecule has 4 atom stereocenters. The van der Waals surface area contributed by atoms with Crippen LogP contribution in [0.3, 0.4) is 0 Å². The van der Waals surface area contributed by atoms with Crippen LogP contribution < -0.4 is 4.90 Å². The molecule has 0 radical (unpaired) electrons. The zero-order valence-electron chi connectivity index (χ0n) is 22.2. The van der Waals surface area contributed by atoms with Gasteiger partial charge in [0.2, 0.25) is 0 Å². The second-order valence-electron chi connectivity index (χ2n) is 10.6. The SMILES string of the molecule is C=CCC[C@@H](C=C)[C@H]1[C@@H]2CC[C@H](CN1c1nc(SCC)nc3c(F)c(Cl)nc(Br)c13)N2C(=O)OC(C)(C)C. The van der Waals surface area contributed by atoms with Crippen LogP contribution in [-0.2, 0) is 4.74 Å². The van der Waals surface area contributed by atoms with Crippen LogP contribution in [0.25, 0.3) is 10.9 Å². The van der Waals surface area contributed by atoms with E-state index in [1.807, 2.05) is 44.7 Å². The van der Waals surface area contributed by atoms with Crippen molar-refractivity contribution in [3.63, 3.8) is 0 Å². The summed E-state index contributed by atoms with van der Waals surface area (Å²) in [6.45, 7) is 16.2. The van der Waals surface area contributed by atoms with Crippen LogP contribution in [0, 0.1) is 11.7 Å². The molecule has 0 aliphatic carbocycles. The van der Waals surface area contributed by atoms with Gasteiger partial charge in [-0.15, -0.1) is 13.2 Å². The first-order chi connectivity index (χ1) is 18.0. The van der Waals surface area contributed by atoms with Crippen molar-refractivity contribution >= 4 is 62.1 Å². The maximum Gasteiger partial charge on any atom is 0.410 e. The first-order valence-electron chi connectivity index (χ1n) is 12.9. The van der Waals surface area contributed by atoms with E-state index in [-0.39, 0.29) is 40.8 Å². The normalized spacial score (nSPS) is 22.0. The molecule has 4 rings (SSSR count). The minimum absolute atomic E-state index is 0.0122. The van der Waals surface area contributed by atoms with E-state index < -0.39 is 11.4 Å². The van der Waals surface area contributed by atoms with Crippen molar-refractivity contribution in [3.8, 4) is 0 Å². The van der Waals surface area contributed by atoms with Crippen molar-refractivity contribution in [2.24, 2.45) is 5.92 Å². The summed E-state index contributed by atoms with van der Waals surface area (Å²) in [5, 5.41) is 0.682. The van der Waals surface area contributed by atoms with Gasteiger partial charge < -0.3 is 9.64 Å². The molecule has 2 aliphatic heterocycles. The molecule has 0 aromatic carbocycles. The summed E-state index contributed by atoms with van der Waals surface area (Å²) in [6.07, 6.45) is 6.78. The van der Waals surface area contributed by atoms with E-state index >= 15 is 4.39 Å². The van der Waals surface area contributed by atoms with Crippen LogP contribution in [0.5, 0.6) is 0 Å². The number of pyridine rings is 1. The Balaban J connectivity index is 1.90. The number of fused-ring (bicyclic) bond motifs is 3. The summed E-state index contributed by atoms with van der Waals surface area (Å²) < 4.78 is 21.5. The fourth-order valence-corrected chi connectivity index (χ4v) is 6.92. The van der Waals surface area contributed by atoms with Crippen LogP contribution in [-0.4, -0.2) is 62.0 Å². The van der Waals surface area contributed by atoms with Crippen molar-refractivity contribution in [1.29, 1.82) is 0 Å². The van der Waals surface area contributed by atoms with Gasteiger partial charge >= 0.3 is 6.09 Å². The van der Waals surface area contributed by atoms with Gasteiger partial charge in [0, 0.05) is 6.54 Å². The van der Waals surface area contributed by atoms with Gasteiger partial charge in [0.05, 0.1) is 23.5 Å². The van der Waals surface area contributed by atoms with E-state index in [0.717, 1.165) is 31.4 Å². The molecule has 0 unspecified atom stereocenters. The summed E-state index contributed by atoms with van der Waals surface area (Å²) in [5.41, 5.74) is -0.480. The van der Waals surface area contributed by atoms with Gasteiger partial charge in [0.15, 0.2) is 16.1 Å². The van der Waals surface area contributed by atoms with Crippen LogP contribution in [0.1, 0.15) is 53.4 Å². The average molecular weight is 627 g/mol. The highest BCUT2D eigenvalue weighted by Gasteiger charge is 2.52. The lowest BCUT2D eigenvalue weighted by molar-refractivity contribution is 0.00532. The molecule has 2 aromatic heterocycles. The number of piperazine rings is 1. The lowest BCUT2D eigenvalue weighted by atomic mass is 9.86. The standard InChI is InChI=1S/C27H34BrClFN5O2S/c1-7-10-11-15(8-2)21-17-13-12-16(35(17)26(36)37-27(4,5)6)14-34(21)24-18-20(31-25(33-24)38-9-3)19(30)23(29)32-22(18)28/h7-8,15-17,21H,1-2,9-14H2,3-6H3/t15-,16-,17+,21+/m1/s1. The van der Waals surface area contributed by atoms with Crippen molar-refractivity contribution < 1.29 is 13.9 Å². The lowest BCUT2D eigenvalue weighted by Gasteiger charge is -2.50. The number of hydrogen-bond donors (Lipinski definition) is 0. The van der Waals surface area contributed by atoms with Gasteiger partial charge in [-0.25, -0.2) is 24.1 Å². The van der Waals surface area contributed by atoms with Crippen molar-refractivity contribution in [3.05, 3.63) is 40.9 Å². The third-order valence-corrected chi connectivity index (χ3v) is 8.52. The molecule has 2 aromatic rings. The first kappa shape index (κ1) is 29.1. The Kier molecular flexibility index (Phi) is 8.94. The number of amides is 1. The quantitative estimate of drug-likeness (QED) is 0.131. The number of ether oxygens (including phenoxy) is 1. The highest BCUT2D eigenvalue weighted by molar-refractivity contribution is 9.10. The summed E-state index contributed by atoms with van der Waals surface area (Å²) in [6, 6.07) is -0.373.